The molecule has 0 aromatic carbocycles. The largest absolute Gasteiger partial charge is 1.00 e. The van der Waals surface area contributed by atoms with Crippen molar-refractivity contribution >= 4 is 10.1 Å². The molecule has 0 amide bonds. The van der Waals surface area contributed by atoms with Gasteiger partial charge in [0.05, 0.1) is 10.1 Å². The number of hydrogen-bond acceptors (Lipinski definition) is 3. The monoisotopic (exact) mass is 372 g/mol. The minimum atomic E-state index is -4.14. The van der Waals surface area contributed by atoms with Gasteiger partial charge in [0, 0.05) is 30.0 Å². The molecule has 0 N–H and O–H groups in total. The van der Waals surface area contributed by atoms with Gasteiger partial charge in [0.25, 0.3) is 0 Å². The maximum absolute atomic E-state index is 10.6. The number of hydrogen-bond donors (Lipinski definition) is 0. The molecule has 0 atom stereocenters. The first-order valence-corrected chi connectivity index (χ1v) is 7.96. The van der Waals surface area contributed by atoms with Crippen molar-refractivity contribution in [3.8, 4) is 0 Å². The predicted molar refractivity (Wildman–Crippen MR) is 71.5 cm³/mol. The van der Waals surface area contributed by atoms with Crippen molar-refractivity contribution in [2.75, 3.05) is 5.75 Å². The van der Waals surface area contributed by atoms with E-state index >= 15 is 0 Å². The van der Waals surface area contributed by atoms with Crippen molar-refractivity contribution in [3.63, 3.8) is 0 Å². The first kappa shape index (κ1) is 17.7. The number of pyridine rings is 2. The Balaban J connectivity index is 0.00000220. The van der Waals surface area contributed by atoms with Gasteiger partial charge < -0.3 is 21.5 Å². The van der Waals surface area contributed by atoms with Gasteiger partial charge in [-0.2, -0.15) is 9.13 Å². The lowest BCUT2D eigenvalue weighted by molar-refractivity contribution is -0.778. The van der Waals surface area contributed by atoms with E-state index < -0.39 is 10.1 Å². The summed E-state index contributed by atoms with van der Waals surface area (Å²) >= 11 is 0. The molecule has 21 heavy (non-hydrogen) atoms. The molecule has 0 radical (unpaired) electrons. The molecule has 2 rings (SSSR count). The molecule has 2 aromatic rings. The highest BCUT2D eigenvalue weighted by molar-refractivity contribution is 7.85. The van der Waals surface area contributed by atoms with Crippen LogP contribution in [0.4, 0.5) is 0 Å². The second-order valence-corrected chi connectivity index (χ2v) is 6.09. The molecule has 0 aliphatic carbocycles. The molecule has 2 aromatic heterocycles. The fourth-order valence-electron chi connectivity index (χ4n) is 1.86. The second-order valence-electron chi connectivity index (χ2n) is 4.57. The highest BCUT2D eigenvalue weighted by Crippen LogP contribution is 1.98. The van der Waals surface area contributed by atoms with E-state index in [1.54, 1.807) is 0 Å². The van der Waals surface area contributed by atoms with Gasteiger partial charge in [-0.1, -0.05) is 6.07 Å². The highest BCUT2D eigenvalue weighted by atomic mass is 79.9. The smallest absolute Gasteiger partial charge is 0.206 e. The molecule has 7 heteroatoms. The molecule has 2 heterocycles. The number of nitrogens with zero attached hydrogens (tertiary/aromatic N) is 2. The normalized spacial score (nSPS) is 10.9. The number of aromatic nitrogens is 2. The Bertz CT molecular complexity index is 646. The fraction of sp³-hybridized carbons (Fsp3) is 0.286. The lowest BCUT2D eigenvalue weighted by atomic mass is 10.2. The number of aryl methyl sites for hydroxylation is 3. The quantitative estimate of drug-likeness (QED) is 0.402. The van der Waals surface area contributed by atoms with Crippen molar-refractivity contribution in [1.29, 1.82) is 0 Å². The maximum atomic E-state index is 10.6. The summed E-state index contributed by atoms with van der Waals surface area (Å²) in [6.45, 7) is 1.69. The molecule has 0 aliphatic rings. The van der Waals surface area contributed by atoms with Crippen LogP contribution in [-0.2, 0) is 29.6 Å². The Morgan fingerprint density at radius 3 is 1.95 bits per heavy atom. The molecule has 0 bridgehead atoms. The Kier molecular flexibility index (Phi) is 6.94. The van der Waals surface area contributed by atoms with Gasteiger partial charge in [0.15, 0.2) is 24.8 Å². The first-order chi connectivity index (χ1) is 9.53. The van der Waals surface area contributed by atoms with Gasteiger partial charge in [-0.3, -0.25) is 0 Å². The van der Waals surface area contributed by atoms with Crippen LogP contribution in [0.2, 0.25) is 0 Å². The van der Waals surface area contributed by atoms with E-state index in [0.717, 1.165) is 18.7 Å². The van der Waals surface area contributed by atoms with E-state index in [2.05, 4.69) is 4.57 Å². The molecule has 114 valence electrons. The van der Waals surface area contributed by atoms with Crippen molar-refractivity contribution in [1.82, 2.24) is 0 Å². The van der Waals surface area contributed by atoms with E-state index in [4.69, 9.17) is 0 Å². The number of halogens is 1. The van der Waals surface area contributed by atoms with Crippen LogP contribution < -0.4 is 26.1 Å². The molecule has 0 unspecified atom stereocenters. The summed E-state index contributed by atoms with van der Waals surface area (Å²) < 4.78 is 35.8. The average molecular weight is 373 g/mol. The zero-order chi connectivity index (χ0) is 14.4. The van der Waals surface area contributed by atoms with Gasteiger partial charge in [0.2, 0.25) is 13.1 Å². The van der Waals surface area contributed by atoms with Crippen molar-refractivity contribution < 1.29 is 39.1 Å². The van der Waals surface area contributed by atoms with Crippen LogP contribution in [0.25, 0.3) is 0 Å². The zero-order valence-electron chi connectivity index (χ0n) is 11.4. The fourth-order valence-corrected chi connectivity index (χ4v) is 2.35. The van der Waals surface area contributed by atoms with Crippen molar-refractivity contribution in [2.45, 2.75) is 19.5 Å². The zero-order valence-corrected chi connectivity index (χ0v) is 13.8. The van der Waals surface area contributed by atoms with Crippen LogP contribution >= 0.6 is 0 Å². The van der Waals surface area contributed by atoms with Crippen molar-refractivity contribution in [2.24, 2.45) is 0 Å². The maximum Gasteiger partial charge on any atom is 0.206 e. The molecule has 0 aliphatic heterocycles. The lowest BCUT2D eigenvalue weighted by Crippen LogP contribution is -3.00. The van der Waals surface area contributed by atoms with Crippen LogP contribution in [0, 0.1) is 0 Å². The predicted octanol–water partition coefficient (Wildman–Crippen LogP) is -2.95. The van der Waals surface area contributed by atoms with Gasteiger partial charge >= 0.3 is 0 Å². The summed E-state index contributed by atoms with van der Waals surface area (Å²) in [6.07, 6.45) is 8.08. The molecule has 0 saturated carbocycles. The Morgan fingerprint density at radius 2 is 1.43 bits per heavy atom. The van der Waals surface area contributed by atoms with Crippen LogP contribution in [0.15, 0.2) is 55.1 Å². The summed E-state index contributed by atoms with van der Waals surface area (Å²) in [4.78, 5) is 0. The van der Waals surface area contributed by atoms with E-state index in [-0.39, 0.29) is 29.2 Å². The second kappa shape index (κ2) is 8.21. The van der Waals surface area contributed by atoms with E-state index in [9.17, 15) is 13.0 Å². The molecule has 0 spiro atoms. The molecular formula is C14H17BrN2O3S. The molecule has 0 fully saturated rings. The minimum Gasteiger partial charge on any atom is -1.00 e. The van der Waals surface area contributed by atoms with E-state index in [1.807, 2.05) is 59.7 Å². The summed E-state index contributed by atoms with van der Waals surface area (Å²) in [5.74, 6) is -0.350. The summed E-state index contributed by atoms with van der Waals surface area (Å²) in [6, 6.07) is 9.64. The molecule has 0 saturated heterocycles. The van der Waals surface area contributed by atoms with Crippen LogP contribution in [0.5, 0.6) is 0 Å². The third-order valence-corrected chi connectivity index (χ3v) is 3.70. The van der Waals surface area contributed by atoms with Gasteiger partial charge in [-0.15, -0.1) is 0 Å². The standard InChI is InChI=1S/C14H17N2O3S.BrH/c17-20(18,19)13-6-14-4-9-16(10-5-14)12-11-15-7-2-1-3-8-15;/h1-5,7-10H,6,11-13H2;1H/q+1;/p-1. The Morgan fingerprint density at radius 1 is 0.905 bits per heavy atom. The van der Waals surface area contributed by atoms with Gasteiger partial charge in [-0.05, 0) is 12.0 Å². The average Bonchev–Trinajstić information content (AvgIpc) is 2.44. The summed E-state index contributed by atoms with van der Waals surface area (Å²) in [5.41, 5.74) is 0.855. The lowest BCUT2D eigenvalue weighted by Gasteiger charge is -2.05. The topological polar surface area (TPSA) is 65.0 Å². The van der Waals surface area contributed by atoms with Gasteiger partial charge in [-0.25, -0.2) is 8.42 Å². The highest BCUT2D eigenvalue weighted by Gasteiger charge is 2.06. The van der Waals surface area contributed by atoms with Crippen LogP contribution in [0.3, 0.4) is 0 Å². The summed E-state index contributed by atoms with van der Waals surface area (Å²) in [5, 5.41) is 0. The van der Waals surface area contributed by atoms with Gasteiger partial charge in [0.1, 0.15) is 0 Å². The van der Waals surface area contributed by atoms with E-state index in [1.165, 1.54) is 0 Å². The SMILES string of the molecule is O=S(=O)([O-])CCc1cc[n+](CC[n+]2ccccc2)cc1.[Br-]. The summed E-state index contributed by atoms with van der Waals surface area (Å²) in [7, 11) is -4.14. The van der Waals surface area contributed by atoms with Crippen LogP contribution in [0.1, 0.15) is 5.56 Å². The van der Waals surface area contributed by atoms with Crippen LogP contribution in [-0.4, -0.2) is 18.7 Å². The minimum absolute atomic E-state index is 0. The Hall–Kier alpha value is -1.31. The third kappa shape index (κ3) is 6.79. The molecule has 5 nitrogen and oxygen atoms in total. The number of rotatable bonds is 6. The van der Waals surface area contributed by atoms with Crippen molar-refractivity contribution in [3.05, 3.63) is 60.7 Å². The molecular weight excluding hydrogens is 356 g/mol. The van der Waals surface area contributed by atoms with E-state index in [0.29, 0.717) is 0 Å². The Labute approximate surface area is 135 Å². The first-order valence-electron chi connectivity index (χ1n) is 6.38. The third-order valence-electron chi connectivity index (χ3n) is 2.99.